The Morgan fingerprint density at radius 1 is 1.37 bits per heavy atom. The number of amides is 1. The van der Waals surface area contributed by atoms with Crippen molar-refractivity contribution in [3.05, 3.63) is 16.5 Å². The van der Waals surface area contributed by atoms with Gasteiger partial charge in [0.05, 0.1) is 6.54 Å². The molecule has 0 unspecified atom stereocenters. The summed E-state index contributed by atoms with van der Waals surface area (Å²) in [7, 11) is 1.85. The summed E-state index contributed by atoms with van der Waals surface area (Å²) in [5, 5.41) is 2.86. The van der Waals surface area contributed by atoms with E-state index in [0.29, 0.717) is 0 Å². The molecule has 1 N–H and O–H groups in total. The van der Waals surface area contributed by atoms with Gasteiger partial charge in [-0.1, -0.05) is 13.8 Å². The van der Waals surface area contributed by atoms with Gasteiger partial charge in [0, 0.05) is 25.1 Å². The van der Waals surface area contributed by atoms with Gasteiger partial charge >= 0.3 is 0 Å². The van der Waals surface area contributed by atoms with Crippen LogP contribution in [-0.2, 0) is 4.79 Å². The van der Waals surface area contributed by atoms with E-state index in [-0.39, 0.29) is 24.4 Å². The Balaban J connectivity index is 2.81. The first-order chi connectivity index (χ1) is 8.79. The lowest BCUT2D eigenvalue weighted by atomic mass is 10.2. The zero-order valence-corrected chi connectivity index (χ0v) is 13.7. The van der Waals surface area contributed by atoms with Gasteiger partial charge in [0.1, 0.15) is 16.2 Å². The average Bonchev–Trinajstić information content (AvgIpc) is 2.26. The van der Waals surface area contributed by atoms with Crippen molar-refractivity contribution in [3.8, 4) is 0 Å². The first-order valence-corrected chi connectivity index (χ1v) is 7.14. The molecule has 106 valence electrons. The number of carbonyl (C=O) groups excluding carboxylic acids is 1. The topological polar surface area (TPSA) is 58.1 Å². The van der Waals surface area contributed by atoms with E-state index in [0.717, 1.165) is 16.2 Å². The molecule has 1 heterocycles. The molecule has 1 amide bonds. The van der Waals surface area contributed by atoms with Gasteiger partial charge in [-0.25, -0.2) is 9.97 Å². The van der Waals surface area contributed by atoms with Crippen molar-refractivity contribution >= 4 is 27.7 Å². The molecule has 1 aromatic rings. The van der Waals surface area contributed by atoms with E-state index in [1.54, 1.807) is 0 Å². The Morgan fingerprint density at radius 2 is 2.00 bits per heavy atom. The molecule has 0 aliphatic heterocycles. The highest BCUT2D eigenvalue weighted by Crippen LogP contribution is 2.19. The molecule has 0 fully saturated rings. The van der Waals surface area contributed by atoms with Crippen molar-refractivity contribution in [3.63, 3.8) is 0 Å². The first kappa shape index (κ1) is 15.9. The van der Waals surface area contributed by atoms with Crippen molar-refractivity contribution in [2.24, 2.45) is 0 Å². The molecule has 1 aromatic heterocycles. The van der Waals surface area contributed by atoms with E-state index in [9.17, 15) is 4.79 Å². The zero-order valence-electron chi connectivity index (χ0n) is 12.1. The Hall–Kier alpha value is -1.17. The van der Waals surface area contributed by atoms with Crippen LogP contribution in [-0.4, -0.2) is 35.5 Å². The summed E-state index contributed by atoms with van der Waals surface area (Å²) in [6.07, 6.45) is 0. The van der Waals surface area contributed by atoms with Gasteiger partial charge < -0.3 is 10.2 Å². The van der Waals surface area contributed by atoms with Crippen LogP contribution in [0.5, 0.6) is 0 Å². The number of rotatable bonds is 5. The minimum Gasteiger partial charge on any atom is -0.352 e. The summed E-state index contributed by atoms with van der Waals surface area (Å²) in [5.74, 6) is 1.73. The summed E-state index contributed by atoms with van der Waals surface area (Å²) in [5.41, 5.74) is 0. The van der Waals surface area contributed by atoms with Crippen LogP contribution >= 0.6 is 15.9 Å². The minimum atomic E-state index is -0.0154. The molecule has 0 atom stereocenters. The van der Waals surface area contributed by atoms with Gasteiger partial charge in [0.15, 0.2) is 0 Å². The van der Waals surface area contributed by atoms with Crippen molar-refractivity contribution in [2.75, 3.05) is 18.5 Å². The number of hydrogen-bond donors (Lipinski definition) is 1. The maximum absolute atomic E-state index is 11.7. The normalized spacial score (nSPS) is 10.9. The number of halogens is 1. The van der Waals surface area contributed by atoms with E-state index in [1.165, 1.54) is 0 Å². The first-order valence-electron chi connectivity index (χ1n) is 6.34. The molecule has 0 bridgehead atoms. The second kappa shape index (κ2) is 6.84. The Kier molecular flexibility index (Phi) is 5.72. The highest BCUT2D eigenvalue weighted by atomic mass is 79.9. The number of nitrogens with one attached hydrogen (secondary N) is 1. The zero-order chi connectivity index (χ0) is 14.6. The van der Waals surface area contributed by atoms with Gasteiger partial charge in [-0.2, -0.15) is 0 Å². The fourth-order valence-corrected chi connectivity index (χ4v) is 1.93. The maximum Gasteiger partial charge on any atom is 0.239 e. The van der Waals surface area contributed by atoms with Crippen LogP contribution in [0.2, 0.25) is 0 Å². The standard InChI is InChI=1S/C13H21BrN4O/c1-8(2)13-16-10(14)6-11(17-13)18(5)7-12(19)15-9(3)4/h6,8-9H,7H2,1-5H3,(H,15,19). The fraction of sp³-hybridized carbons (Fsp3) is 0.615. The maximum atomic E-state index is 11.7. The lowest BCUT2D eigenvalue weighted by Gasteiger charge is -2.20. The summed E-state index contributed by atoms with van der Waals surface area (Å²) in [6, 6.07) is 1.96. The van der Waals surface area contributed by atoms with E-state index >= 15 is 0 Å². The second-order valence-electron chi connectivity index (χ2n) is 5.14. The molecule has 0 radical (unpaired) electrons. The minimum absolute atomic E-state index is 0.0154. The van der Waals surface area contributed by atoms with Crippen molar-refractivity contribution in [1.82, 2.24) is 15.3 Å². The SMILES string of the molecule is CC(C)NC(=O)CN(C)c1cc(Br)nc(C(C)C)n1. The molecular weight excluding hydrogens is 308 g/mol. The molecule has 19 heavy (non-hydrogen) atoms. The summed E-state index contributed by atoms with van der Waals surface area (Å²) in [6.45, 7) is 8.24. The second-order valence-corrected chi connectivity index (χ2v) is 5.95. The Morgan fingerprint density at radius 3 is 2.53 bits per heavy atom. The van der Waals surface area contributed by atoms with Crippen LogP contribution in [0.15, 0.2) is 10.7 Å². The van der Waals surface area contributed by atoms with E-state index in [1.807, 2.05) is 45.7 Å². The largest absolute Gasteiger partial charge is 0.352 e. The average molecular weight is 329 g/mol. The molecule has 0 saturated heterocycles. The highest BCUT2D eigenvalue weighted by molar-refractivity contribution is 9.10. The Labute approximate surface area is 122 Å². The third kappa shape index (κ3) is 5.14. The molecule has 5 nitrogen and oxygen atoms in total. The lowest BCUT2D eigenvalue weighted by molar-refractivity contribution is -0.120. The van der Waals surface area contributed by atoms with Crippen LogP contribution in [0, 0.1) is 0 Å². The van der Waals surface area contributed by atoms with Crippen LogP contribution in [0.3, 0.4) is 0 Å². The van der Waals surface area contributed by atoms with Crippen molar-refractivity contribution < 1.29 is 4.79 Å². The van der Waals surface area contributed by atoms with E-state index in [4.69, 9.17) is 0 Å². The van der Waals surface area contributed by atoms with Gasteiger partial charge in [-0.15, -0.1) is 0 Å². The molecule has 6 heteroatoms. The predicted molar refractivity (Wildman–Crippen MR) is 80.4 cm³/mol. The van der Waals surface area contributed by atoms with Gasteiger partial charge in [0.2, 0.25) is 5.91 Å². The molecule has 0 aliphatic carbocycles. The molecular formula is C13H21BrN4O. The molecule has 0 saturated carbocycles. The monoisotopic (exact) mass is 328 g/mol. The number of anilines is 1. The van der Waals surface area contributed by atoms with Crippen LogP contribution in [0.1, 0.15) is 39.4 Å². The van der Waals surface area contributed by atoms with Crippen LogP contribution in [0.4, 0.5) is 5.82 Å². The predicted octanol–water partition coefficient (Wildman–Crippen LogP) is 2.32. The van der Waals surface area contributed by atoms with Crippen LogP contribution < -0.4 is 10.2 Å². The third-order valence-corrected chi connectivity index (χ3v) is 2.84. The van der Waals surface area contributed by atoms with Gasteiger partial charge in [-0.3, -0.25) is 4.79 Å². The molecule has 0 spiro atoms. The molecule has 0 aromatic carbocycles. The quantitative estimate of drug-likeness (QED) is 0.843. The van der Waals surface area contributed by atoms with Crippen molar-refractivity contribution in [2.45, 2.75) is 39.7 Å². The molecule has 1 rings (SSSR count). The number of likely N-dealkylation sites (N-methyl/N-ethyl adjacent to an activating group) is 1. The molecule has 0 aliphatic rings. The smallest absolute Gasteiger partial charge is 0.239 e. The number of carbonyl (C=O) groups is 1. The third-order valence-electron chi connectivity index (χ3n) is 2.44. The van der Waals surface area contributed by atoms with E-state index in [2.05, 4.69) is 31.2 Å². The number of hydrogen-bond acceptors (Lipinski definition) is 4. The summed E-state index contributed by atoms with van der Waals surface area (Å²) >= 11 is 3.38. The van der Waals surface area contributed by atoms with Crippen LogP contribution in [0.25, 0.3) is 0 Å². The van der Waals surface area contributed by atoms with Crippen molar-refractivity contribution in [1.29, 1.82) is 0 Å². The number of aromatic nitrogens is 2. The summed E-state index contributed by atoms with van der Waals surface area (Å²) in [4.78, 5) is 22.3. The van der Waals surface area contributed by atoms with Gasteiger partial charge in [0.25, 0.3) is 0 Å². The highest BCUT2D eigenvalue weighted by Gasteiger charge is 2.13. The fourth-order valence-electron chi connectivity index (χ4n) is 1.54. The Bertz CT molecular complexity index is 448. The summed E-state index contributed by atoms with van der Waals surface area (Å²) < 4.78 is 0.734. The van der Waals surface area contributed by atoms with E-state index < -0.39 is 0 Å². The lowest BCUT2D eigenvalue weighted by Crippen LogP contribution is -2.39. The van der Waals surface area contributed by atoms with Gasteiger partial charge in [-0.05, 0) is 29.8 Å². The number of nitrogens with zero attached hydrogens (tertiary/aromatic N) is 3.